The van der Waals surface area contributed by atoms with Gasteiger partial charge in [0.25, 0.3) is 0 Å². The molecule has 5 heteroatoms. The van der Waals surface area contributed by atoms with Crippen LogP contribution in [-0.4, -0.2) is 65.3 Å². The Hall–Kier alpha value is -1.30. The summed E-state index contributed by atoms with van der Waals surface area (Å²) in [5, 5.41) is 23.3. The van der Waals surface area contributed by atoms with E-state index in [2.05, 4.69) is 47.7 Å². The van der Waals surface area contributed by atoms with Crippen LogP contribution in [0.2, 0.25) is 0 Å². The van der Waals surface area contributed by atoms with Gasteiger partial charge in [-0.15, -0.1) is 0 Å². The van der Waals surface area contributed by atoms with Crippen LogP contribution in [0, 0.1) is 22.7 Å². The minimum absolute atomic E-state index is 0.0381. The van der Waals surface area contributed by atoms with Gasteiger partial charge in [0.2, 0.25) is 0 Å². The van der Waals surface area contributed by atoms with Gasteiger partial charge in [0.05, 0.1) is 31.8 Å². The average Bonchev–Trinajstić information content (AvgIpc) is 3.56. The van der Waals surface area contributed by atoms with Crippen LogP contribution in [0.25, 0.3) is 0 Å². The fourth-order valence-corrected chi connectivity index (χ4v) is 9.74. The van der Waals surface area contributed by atoms with Gasteiger partial charge in [-0.25, -0.2) is 0 Å². The molecule has 0 saturated heterocycles. The van der Waals surface area contributed by atoms with Gasteiger partial charge in [-0.2, -0.15) is 0 Å². The topological polar surface area (TPSA) is 58.9 Å². The Balaban J connectivity index is 1.62. The van der Waals surface area contributed by atoms with Crippen molar-refractivity contribution < 1.29 is 24.2 Å². The maximum atomic E-state index is 12.3. The maximum Gasteiger partial charge on any atom is 0.165 e. The molecule has 36 heavy (non-hydrogen) atoms. The van der Waals surface area contributed by atoms with E-state index >= 15 is 0 Å². The first-order valence-corrected chi connectivity index (χ1v) is 14.4. The van der Waals surface area contributed by atoms with E-state index in [0.717, 1.165) is 42.6 Å². The molecule has 8 atom stereocenters. The number of quaternary nitrogens is 1. The summed E-state index contributed by atoms with van der Waals surface area (Å²) in [6.45, 7) is 15.6. The molecule has 1 aromatic rings. The summed E-state index contributed by atoms with van der Waals surface area (Å²) in [6, 6.07) is 4.44. The van der Waals surface area contributed by atoms with E-state index in [9.17, 15) is 10.2 Å². The minimum Gasteiger partial charge on any atom is -0.504 e. The van der Waals surface area contributed by atoms with Gasteiger partial charge in [-0.3, -0.25) is 0 Å². The van der Waals surface area contributed by atoms with Crippen LogP contribution in [0.4, 0.5) is 0 Å². The van der Waals surface area contributed by atoms with E-state index < -0.39 is 11.2 Å². The van der Waals surface area contributed by atoms with Crippen LogP contribution in [0.3, 0.4) is 0 Å². The molecular formula is C31H48NO4+. The van der Waals surface area contributed by atoms with Crippen molar-refractivity contribution in [2.45, 2.75) is 109 Å². The zero-order chi connectivity index (χ0) is 26.1. The number of methoxy groups -OCH3 is 1. The predicted molar refractivity (Wildman–Crippen MR) is 141 cm³/mol. The molecule has 2 N–H and O–H groups in total. The van der Waals surface area contributed by atoms with Gasteiger partial charge in [-0.1, -0.05) is 33.8 Å². The monoisotopic (exact) mass is 498 g/mol. The first kappa shape index (κ1) is 25.0. The summed E-state index contributed by atoms with van der Waals surface area (Å²) in [5.74, 6) is 1.70. The summed E-state index contributed by atoms with van der Waals surface area (Å²) >= 11 is 0. The van der Waals surface area contributed by atoms with Crippen LogP contribution in [-0.2, 0) is 16.6 Å². The number of nitrogens with zero attached hydrogens (tertiary/aromatic N) is 1. The standard InChI is InChI=1S/C31H47NO4/c1-9-32(7,18-19-10-11-19)23-16-20-12-13-21(33)25-24(20)28(5)26(36-25)31(35-8)15-14-30(23,28)17-22(31)29(6,34)27(2,3)4/h12-13,19,22-23,26,34H,9-11,14-18H2,1-8H3/p+1/t22?,23?,26-,28+,29+,30-,31+,32-/m0/s1. The van der Waals surface area contributed by atoms with Crippen LogP contribution >= 0.6 is 0 Å². The second-order valence-corrected chi connectivity index (χ2v) is 14.8. The SMILES string of the molecule is CC[N@@+](C)(CC1CC1)C1Cc2ccc(O)c3c2[C@]2(C)[C@H](O3)[C@@]3(OC)CC[C@]12CC3[C@@](C)(O)C(C)(C)C. The van der Waals surface area contributed by atoms with E-state index in [1.165, 1.54) is 30.5 Å². The van der Waals surface area contributed by atoms with Crippen molar-refractivity contribution in [3.63, 3.8) is 0 Å². The molecule has 0 aromatic heterocycles. The highest BCUT2D eigenvalue weighted by Gasteiger charge is 2.81. The second kappa shape index (κ2) is 7.21. The van der Waals surface area contributed by atoms with Gasteiger partial charge in [-0.05, 0) is 63.0 Å². The molecule has 4 fully saturated rings. The highest BCUT2D eigenvalue weighted by atomic mass is 16.6. The summed E-state index contributed by atoms with van der Waals surface area (Å²) in [6.07, 6.45) is 6.39. The number of ether oxygens (including phenoxy) is 2. The third kappa shape index (κ3) is 2.73. The fraction of sp³-hybridized carbons (Fsp3) is 0.806. The number of hydrogen-bond acceptors (Lipinski definition) is 4. The van der Waals surface area contributed by atoms with E-state index in [-0.39, 0.29) is 34.0 Å². The number of aromatic hydroxyl groups is 1. The molecule has 0 radical (unpaired) electrons. The molecule has 2 bridgehead atoms. The molecule has 6 aliphatic rings. The summed E-state index contributed by atoms with van der Waals surface area (Å²) in [5.41, 5.74) is 0.412. The minimum atomic E-state index is -0.936. The van der Waals surface area contributed by atoms with Gasteiger partial charge >= 0.3 is 0 Å². The Bertz CT molecular complexity index is 1090. The Labute approximate surface area is 217 Å². The van der Waals surface area contributed by atoms with Gasteiger partial charge in [0.15, 0.2) is 11.5 Å². The quantitative estimate of drug-likeness (QED) is 0.530. The summed E-state index contributed by atoms with van der Waals surface area (Å²) < 4.78 is 14.5. The van der Waals surface area contributed by atoms with E-state index in [1.54, 1.807) is 0 Å². The zero-order valence-corrected chi connectivity index (χ0v) is 23.8. The highest BCUT2D eigenvalue weighted by Crippen LogP contribution is 2.76. The number of fused-ring (bicyclic) bond motifs is 2. The van der Waals surface area contributed by atoms with Gasteiger partial charge < -0.3 is 24.2 Å². The predicted octanol–water partition coefficient (Wildman–Crippen LogP) is 5.19. The fourth-order valence-electron chi connectivity index (χ4n) is 9.74. The Kier molecular flexibility index (Phi) is 5.01. The molecule has 200 valence electrons. The lowest BCUT2D eigenvalue weighted by molar-refractivity contribution is -0.943. The molecule has 5 aliphatic carbocycles. The zero-order valence-electron chi connectivity index (χ0n) is 23.8. The highest BCUT2D eigenvalue weighted by molar-refractivity contribution is 5.62. The lowest BCUT2D eigenvalue weighted by atomic mass is 9.35. The number of benzene rings is 1. The van der Waals surface area contributed by atoms with Crippen molar-refractivity contribution in [2.75, 3.05) is 27.2 Å². The molecule has 1 heterocycles. The van der Waals surface area contributed by atoms with Crippen molar-refractivity contribution in [3.05, 3.63) is 23.3 Å². The van der Waals surface area contributed by atoms with Crippen molar-refractivity contribution >= 4 is 0 Å². The third-order valence-corrected chi connectivity index (χ3v) is 12.6. The number of phenols is 1. The van der Waals surface area contributed by atoms with Crippen LogP contribution in [0.15, 0.2) is 12.1 Å². The largest absolute Gasteiger partial charge is 0.504 e. The van der Waals surface area contributed by atoms with Crippen LogP contribution < -0.4 is 4.74 Å². The van der Waals surface area contributed by atoms with Crippen LogP contribution in [0.5, 0.6) is 11.5 Å². The molecule has 7 rings (SSSR count). The van der Waals surface area contributed by atoms with Crippen molar-refractivity contribution in [3.8, 4) is 11.5 Å². The first-order chi connectivity index (χ1) is 16.7. The molecule has 2 unspecified atom stereocenters. The number of phenolic OH excluding ortho intramolecular Hbond substituents is 1. The Morgan fingerprint density at radius 2 is 1.86 bits per heavy atom. The van der Waals surface area contributed by atoms with Crippen molar-refractivity contribution in [1.82, 2.24) is 0 Å². The smallest absolute Gasteiger partial charge is 0.165 e. The number of aliphatic hydroxyl groups is 1. The summed E-state index contributed by atoms with van der Waals surface area (Å²) in [4.78, 5) is 0. The lowest BCUT2D eigenvalue weighted by Crippen LogP contribution is -2.82. The molecular weight excluding hydrogens is 450 g/mol. The van der Waals surface area contributed by atoms with Crippen LogP contribution in [0.1, 0.15) is 84.8 Å². The average molecular weight is 499 g/mol. The van der Waals surface area contributed by atoms with Crippen molar-refractivity contribution in [2.24, 2.45) is 22.7 Å². The molecule has 1 aromatic carbocycles. The number of rotatable bonds is 6. The summed E-state index contributed by atoms with van der Waals surface area (Å²) in [7, 11) is 4.32. The normalized spacial score (nSPS) is 41.9. The number of likely N-dealkylation sites (N-methyl/N-ethyl adjacent to an activating group) is 1. The van der Waals surface area contributed by atoms with E-state index in [0.29, 0.717) is 11.8 Å². The molecule has 1 aliphatic heterocycles. The van der Waals surface area contributed by atoms with E-state index in [4.69, 9.17) is 9.47 Å². The maximum absolute atomic E-state index is 12.3. The molecule has 5 nitrogen and oxygen atoms in total. The lowest BCUT2D eigenvalue weighted by Gasteiger charge is -2.73. The van der Waals surface area contributed by atoms with Crippen molar-refractivity contribution in [1.29, 1.82) is 0 Å². The first-order valence-electron chi connectivity index (χ1n) is 14.4. The van der Waals surface area contributed by atoms with E-state index in [1.807, 2.05) is 20.1 Å². The molecule has 0 amide bonds. The molecule has 1 spiro atoms. The Morgan fingerprint density at radius 3 is 2.44 bits per heavy atom. The third-order valence-electron chi connectivity index (χ3n) is 12.6. The van der Waals surface area contributed by atoms with Gasteiger partial charge in [0, 0.05) is 41.8 Å². The second-order valence-electron chi connectivity index (χ2n) is 14.8. The number of hydrogen-bond donors (Lipinski definition) is 2. The Morgan fingerprint density at radius 1 is 1.17 bits per heavy atom. The van der Waals surface area contributed by atoms with Gasteiger partial charge in [0.1, 0.15) is 11.7 Å². The molecule has 4 saturated carbocycles.